The van der Waals surface area contributed by atoms with Crippen LogP contribution in [0.15, 0.2) is 48.5 Å². The highest BCUT2D eigenvalue weighted by Crippen LogP contribution is 2.38. The second-order valence-electron chi connectivity index (χ2n) is 7.74. The Bertz CT molecular complexity index is 1100. The zero-order valence-electron chi connectivity index (χ0n) is 17.8. The highest BCUT2D eigenvalue weighted by molar-refractivity contribution is 7.17. The molecule has 6 heteroatoms. The molecule has 0 radical (unpaired) electrons. The average molecular weight is 435 g/mol. The van der Waals surface area contributed by atoms with Gasteiger partial charge in [0.1, 0.15) is 10.8 Å². The number of nitrogens with one attached hydrogen (secondary N) is 2. The molecular weight excluding hydrogens is 408 g/mol. The lowest BCUT2D eigenvalue weighted by atomic mass is 10.0. The van der Waals surface area contributed by atoms with Gasteiger partial charge in [-0.1, -0.05) is 36.2 Å². The van der Waals surface area contributed by atoms with E-state index in [-0.39, 0.29) is 11.8 Å². The zero-order valence-corrected chi connectivity index (χ0v) is 18.6. The van der Waals surface area contributed by atoms with Crippen molar-refractivity contribution in [2.75, 3.05) is 17.7 Å². The Morgan fingerprint density at radius 2 is 1.65 bits per heavy atom. The first kappa shape index (κ1) is 21.1. The maximum atomic E-state index is 13.4. The lowest BCUT2D eigenvalue weighted by Crippen LogP contribution is -2.18. The molecule has 1 aliphatic rings. The second kappa shape index (κ2) is 9.35. The molecule has 0 unspecified atom stereocenters. The molecule has 0 spiro atoms. The molecule has 5 nitrogen and oxygen atoms in total. The summed E-state index contributed by atoms with van der Waals surface area (Å²) in [5.41, 5.74) is 3.92. The summed E-state index contributed by atoms with van der Waals surface area (Å²) in [7, 11) is 1.58. The summed E-state index contributed by atoms with van der Waals surface area (Å²) in [6.07, 6.45) is 5.09. The summed E-state index contributed by atoms with van der Waals surface area (Å²) in [4.78, 5) is 27.5. The number of rotatable bonds is 5. The molecule has 1 aliphatic carbocycles. The summed E-state index contributed by atoms with van der Waals surface area (Å²) in [6, 6.07) is 14.8. The Hall–Kier alpha value is -3.12. The molecule has 2 amide bonds. The molecule has 1 heterocycles. The van der Waals surface area contributed by atoms with E-state index in [4.69, 9.17) is 4.74 Å². The van der Waals surface area contributed by atoms with Crippen molar-refractivity contribution in [3.05, 3.63) is 75.7 Å². The minimum absolute atomic E-state index is 0.206. The van der Waals surface area contributed by atoms with Crippen LogP contribution in [0.25, 0.3) is 0 Å². The molecule has 2 aromatic carbocycles. The maximum Gasteiger partial charge on any atom is 0.259 e. The third-order valence-electron chi connectivity index (χ3n) is 5.54. The van der Waals surface area contributed by atoms with Crippen LogP contribution in [0.1, 0.15) is 56.0 Å². The van der Waals surface area contributed by atoms with Crippen molar-refractivity contribution >= 4 is 33.8 Å². The number of amides is 2. The molecule has 2 N–H and O–H groups in total. The van der Waals surface area contributed by atoms with Gasteiger partial charge in [0.15, 0.2) is 0 Å². The van der Waals surface area contributed by atoms with Crippen molar-refractivity contribution in [3.8, 4) is 5.75 Å². The average Bonchev–Trinajstić information content (AvgIpc) is 2.95. The number of benzene rings is 2. The fourth-order valence-electron chi connectivity index (χ4n) is 3.88. The Balaban J connectivity index is 1.68. The van der Waals surface area contributed by atoms with Gasteiger partial charge in [-0.05, 0) is 62.4 Å². The third-order valence-corrected chi connectivity index (χ3v) is 6.75. The highest BCUT2D eigenvalue weighted by atomic mass is 32.1. The molecule has 1 aromatic heterocycles. The Labute approximate surface area is 186 Å². The van der Waals surface area contributed by atoms with E-state index < -0.39 is 0 Å². The molecule has 4 rings (SSSR count). The van der Waals surface area contributed by atoms with E-state index in [1.54, 1.807) is 19.2 Å². The van der Waals surface area contributed by atoms with Crippen LogP contribution in [-0.4, -0.2) is 18.9 Å². The van der Waals surface area contributed by atoms with Gasteiger partial charge in [0.25, 0.3) is 11.8 Å². The molecule has 0 fully saturated rings. The van der Waals surface area contributed by atoms with E-state index in [0.717, 1.165) is 43.2 Å². The Morgan fingerprint density at radius 3 is 2.42 bits per heavy atom. The van der Waals surface area contributed by atoms with Gasteiger partial charge < -0.3 is 15.4 Å². The summed E-state index contributed by atoms with van der Waals surface area (Å²) in [6.45, 7) is 1.98. The molecule has 0 saturated carbocycles. The quantitative estimate of drug-likeness (QED) is 0.496. The van der Waals surface area contributed by atoms with Crippen molar-refractivity contribution in [1.29, 1.82) is 0 Å². The molecule has 0 bridgehead atoms. The molecule has 0 saturated heterocycles. The van der Waals surface area contributed by atoms with E-state index in [2.05, 4.69) is 10.6 Å². The number of hydrogen-bond donors (Lipinski definition) is 2. The number of anilines is 2. The Morgan fingerprint density at radius 1 is 0.903 bits per heavy atom. The minimum atomic E-state index is -0.219. The van der Waals surface area contributed by atoms with Crippen LogP contribution in [0, 0.1) is 6.92 Å². The van der Waals surface area contributed by atoms with Crippen LogP contribution in [0.2, 0.25) is 0 Å². The highest BCUT2D eigenvalue weighted by Gasteiger charge is 2.26. The molecule has 3 aromatic rings. The van der Waals surface area contributed by atoms with Gasteiger partial charge in [0.05, 0.1) is 18.4 Å². The molecule has 160 valence electrons. The van der Waals surface area contributed by atoms with Crippen LogP contribution in [0.4, 0.5) is 10.7 Å². The molecule has 0 atom stereocenters. The number of fused-ring (bicyclic) bond motifs is 1. The summed E-state index contributed by atoms with van der Waals surface area (Å²) in [5.74, 6) is 0.174. The van der Waals surface area contributed by atoms with E-state index in [1.165, 1.54) is 16.2 Å². The summed E-state index contributed by atoms with van der Waals surface area (Å²) >= 11 is 1.53. The van der Waals surface area contributed by atoms with Gasteiger partial charge in [-0.15, -0.1) is 11.3 Å². The number of thiophene rings is 1. The summed E-state index contributed by atoms with van der Waals surface area (Å²) < 4.78 is 5.38. The van der Waals surface area contributed by atoms with Crippen LogP contribution in [0.5, 0.6) is 5.75 Å². The predicted octanol–water partition coefficient (Wildman–Crippen LogP) is 5.84. The van der Waals surface area contributed by atoms with Crippen LogP contribution < -0.4 is 15.4 Å². The van der Waals surface area contributed by atoms with E-state index in [9.17, 15) is 9.59 Å². The van der Waals surface area contributed by atoms with E-state index >= 15 is 0 Å². The Kier molecular flexibility index (Phi) is 6.37. The normalized spacial score (nSPS) is 13.1. The first-order chi connectivity index (χ1) is 15.1. The van der Waals surface area contributed by atoms with Crippen molar-refractivity contribution in [1.82, 2.24) is 0 Å². The lowest BCUT2D eigenvalue weighted by Gasteiger charge is -2.12. The van der Waals surface area contributed by atoms with Gasteiger partial charge >= 0.3 is 0 Å². The van der Waals surface area contributed by atoms with Gasteiger partial charge in [0.2, 0.25) is 0 Å². The molecule has 0 aliphatic heterocycles. The van der Waals surface area contributed by atoms with Crippen LogP contribution in [0.3, 0.4) is 0 Å². The standard InChI is InChI=1S/C25H26N2O3S/c1-16-12-14-17(15-13-16)23(28)27-25-22(18-8-4-3-5-11-21(18)31-25)24(29)26-19-9-6-7-10-20(19)30-2/h6-7,9-10,12-15H,3-5,8,11H2,1-2H3,(H,26,29)(H,27,28). The van der Waals surface area contributed by atoms with Gasteiger partial charge in [-0.2, -0.15) is 0 Å². The number of ether oxygens (including phenoxy) is 1. The minimum Gasteiger partial charge on any atom is -0.495 e. The number of hydrogen-bond acceptors (Lipinski definition) is 4. The predicted molar refractivity (Wildman–Crippen MR) is 126 cm³/mol. The number of carbonyl (C=O) groups excluding carboxylic acids is 2. The van der Waals surface area contributed by atoms with Crippen molar-refractivity contribution in [2.45, 2.75) is 39.0 Å². The first-order valence-electron chi connectivity index (χ1n) is 10.5. The SMILES string of the molecule is COc1ccccc1NC(=O)c1c(NC(=O)c2ccc(C)cc2)sc2c1CCCCC2. The molecule has 31 heavy (non-hydrogen) atoms. The topological polar surface area (TPSA) is 67.4 Å². The third kappa shape index (κ3) is 4.64. The van der Waals surface area contributed by atoms with Crippen molar-refractivity contribution in [2.24, 2.45) is 0 Å². The number of aryl methyl sites for hydroxylation is 2. The number of methoxy groups -OCH3 is 1. The van der Waals surface area contributed by atoms with Crippen LogP contribution >= 0.6 is 11.3 Å². The fraction of sp³-hybridized carbons (Fsp3) is 0.280. The maximum absolute atomic E-state index is 13.4. The lowest BCUT2D eigenvalue weighted by molar-refractivity contribution is 0.102. The van der Waals surface area contributed by atoms with Gasteiger partial charge in [-0.3, -0.25) is 9.59 Å². The van der Waals surface area contributed by atoms with E-state index in [1.807, 2.05) is 43.3 Å². The number of para-hydroxylation sites is 2. The molecular formula is C25H26N2O3S. The zero-order chi connectivity index (χ0) is 21.8. The van der Waals surface area contributed by atoms with Crippen molar-refractivity contribution in [3.63, 3.8) is 0 Å². The van der Waals surface area contributed by atoms with E-state index in [0.29, 0.717) is 27.6 Å². The van der Waals surface area contributed by atoms with Gasteiger partial charge in [-0.25, -0.2) is 0 Å². The van der Waals surface area contributed by atoms with Gasteiger partial charge in [0, 0.05) is 10.4 Å². The summed E-state index contributed by atoms with van der Waals surface area (Å²) in [5, 5.41) is 6.61. The fourth-order valence-corrected chi connectivity index (χ4v) is 5.17. The largest absolute Gasteiger partial charge is 0.495 e. The van der Waals surface area contributed by atoms with Crippen LogP contribution in [-0.2, 0) is 12.8 Å². The monoisotopic (exact) mass is 434 g/mol. The number of carbonyl (C=O) groups is 2. The first-order valence-corrected chi connectivity index (χ1v) is 11.4. The van der Waals surface area contributed by atoms with Crippen molar-refractivity contribution < 1.29 is 14.3 Å². The second-order valence-corrected chi connectivity index (χ2v) is 8.85. The smallest absolute Gasteiger partial charge is 0.259 e.